The fourth-order valence-electron chi connectivity index (χ4n) is 2.87. The van der Waals surface area contributed by atoms with Crippen LogP contribution in [0.4, 0.5) is 0 Å². The van der Waals surface area contributed by atoms with Crippen molar-refractivity contribution in [1.29, 1.82) is 0 Å². The van der Waals surface area contributed by atoms with Gasteiger partial charge in [-0.25, -0.2) is 0 Å². The molecule has 1 amide bonds. The summed E-state index contributed by atoms with van der Waals surface area (Å²) < 4.78 is 0. The minimum atomic E-state index is 0.0905. The number of rotatable bonds is 6. The van der Waals surface area contributed by atoms with Crippen LogP contribution in [-0.4, -0.2) is 27.6 Å². The van der Waals surface area contributed by atoms with E-state index in [4.69, 9.17) is 0 Å². The van der Waals surface area contributed by atoms with Crippen molar-refractivity contribution in [1.82, 2.24) is 20.5 Å². The predicted molar refractivity (Wildman–Crippen MR) is 91.4 cm³/mol. The Bertz CT molecular complexity index is 796. The molecule has 23 heavy (non-hydrogen) atoms. The third-order valence-corrected chi connectivity index (χ3v) is 4.24. The highest BCUT2D eigenvalue weighted by atomic mass is 16.1. The molecule has 0 unspecified atom stereocenters. The molecule has 0 fully saturated rings. The second-order valence-electron chi connectivity index (χ2n) is 5.91. The van der Waals surface area contributed by atoms with Crippen LogP contribution in [0.1, 0.15) is 28.9 Å². The van der Waals surface area contributed by atoms with Crippen LogP contribution in [0.15, 0.2) is 30.5 Å². The molecule has 0 saturated heterocycles. The normalized spacial score (nSPS) is 11.0. The molecule has 3 aromatic rings. The first kappa shape index (κ1) is 15.3. The Morgan fingerprint density at radius 2 is 2.09 bits per heavy atom. The summed E-state index contributed by atoms with van der Waals surface area (Å²) in [5.41, 5.74) is 5.56. The standard InChI is InChI=1S/C18H22N4O/c1-12-16(13(2)22-21-12)4-6-18(23)20-9-7-14-3-5-17-15(11-14)8-10-19-17/h3,5,8,10-11,19H,4,6-7,9H2,1-2H3,(H,20,23)(H,21,22). The van der Waals surface area contributed by atoms with Gasteiger partial charge in [0.15, 0.2) is 0 Å². The molecular formula is C18H22N4O. The van der Waals surface area contributed by atoms with E-state index in [-0.39, 0.29) is 5.91 Å². The van der Waals surface area contributed by atoms with Gasteiger partial charge in [-0.1, -0.05) is 6.07 Å². The van der Waals surface area contributed by atoms with Crippen molar-refractivity contribution >= 4 is 16.8 Å². The van der Waals surface area contributed by atoms with E-state index in [1.807, 2.05) is 20.0 Å². The highest BCUT2D eigenvalue weighted by Crippen LogP contribution is 2.14. The number of hydrogen-bond acceptors (Lipinski definition) is 2. The zero-order valence-corrected chi connectivity index (χ0v) is 13.6. The molecule has 0 saturated carbocycles. The summed E-state index contributed by atoms with van der Waals surface area (Å²) in [5.74, 6) is 0.0905. The molecule has 120 valence electrons. The number of carbonyl (C=O) groups excluding carboxylic acids is 1. The van der Waals surface area contributed by atoms with E-state index in [0.29, 0.717) is 13.0 Å². The zero-order valence-electron chi connectivity index (χ0n) is 13.6. The quantitative estimate of drug-likeness (QED) is 0.655. The van der Waals surface area contributed by atoms with Gasteiger partial charge in [-0.2, -0.15) is 5.10 Å². The van der Waals surface area contributed by atoms with Crippen molar-refractivity contribution in [3.8, 4) is 0 Å². The first-order valence-corrected chi connectivity index (χ1v) is 7.96. The van der Waals surface area contributed by atoms with Gasteiger partial charge >= 0.3 is 0 Å². The summed E-state index contributed by atoms with van der Waals surface area (Å²) >= 11 is 0. The number of aromatic amines is 2. The van der Waals surface area contributed by atoms with Crippen LogP contribution in [0, 0.1) is 13.8 Å². The molecule has 1 aromatic carbocycles. The molecule has 0 aliphatic rings. The molecule has 3 rings (SSSR count). The summed E-state index contributed by atoms with van der Waals surface area (Å²) in [6.45, 7) is 4.62. The van der Waals surface area contributed by atoms with E-state index in [9.17, 15) is 4.79 Å². The molecule has 0 atom stereocenters. The van der Waals surface area contributed by atoms with E-state index >= 15 is 0 Å². The lowest BCUT2D eigenvalue weighted by Gasteiger charge is -2.06. The van der Waals surface area contributed by atoms with Crippen molar-refractivity contribution in [2.75, 3.05) is 6.54 Å². The number of carbonyl (C=O) groups is 1. The molecule has 0 aliphatic heterocycles. The molecule has 0 radical (unpaired) electrons. The number of hydrogen-bond donors (Lipinski definition) is 3. The van der Waals surface area contributed by atoms with Gasteiger partial charge in [0.2, 0.25) is 5.91 Å². The minimum Gasteiger partial charge on any atom is -0.361 e. The van der Waals surface area contributed by atoms with Crippen LogP contribution in [0.3, 0.4) is 0 Å². The van der Waals surface area contributed by atoms with Crippen molar-refractivity contribution in [2.24, 2.45) is 0 Å². The second-order valence-corrected chi connectivity index (χ2v) is 5.91. The Morgan fingerprint density at radius 3 is 2.87 bits per heavy atom. The third-order valence-electron chi connectivity index (χ3n) is 4.24. The minimum absolute atomic E-state index is 0.0905. The van der Waals surface area contributed by atoms with Gasteiger partial charge in [0.05, 0.1) is 5.69 Å². The van der Waals surface area contributed by atoms with Gasteiger partial charge < -0.3 is 10.3 Å². The number of aromatic nitrogens is 3. The number of fused-ring (bicyclic) bond motifs is 1. The Kier molecular flexibility index (Phi) is 4.46. The fraction of sp³-hybridized carbons (Fsp3) is 0.333. The monoisotopic (exact) mass is 310 g/mol. The summed E-state index contributed by atoms with van der Waals surface area (Å²) in [6, 6.07) is 8.41. The van der Waals surface area contributed by atoms with E-state index in [1.165, 1.54) is 10.9 Å². The molecule has 5 nitrogen and oxygen atoms in total. The van der Waals surface area contributed by atoms with Crippen molar-refractivity contribution in [3.05, 3.63) is 53.0 Å². The number of amides is 1. The van der Waals surface area contributed by atoms with E-state index in [1.54, 1.807) is 0 Å². The van der Waals surface area contributed by atoms with Crippen molar-refractivity contribution in [3.63, 3.8) is 0 Å². The maximum absolute atomic E-state index is 12.0. The molecule has 5 heteroatoms. The van der Waals surface area contributed by atoms with E-state index in [0.717, 1.165) is 35.3 Å². The average Bonchev–Trinajstić information content (AvgIpc) is 3.12. The van der Waals surface area contributed by atoms with Gasteiger partial charge in [-0.3, -0.25) is 9.89 Å². The SMILES string of the molecule is Cc1n[nH]c(C)c1CCC(=O)NCCc1ccc2[nH]ccc2c1. The van der Waals surface area contributed by atoms with Gasteiger partial charge in [-0.15, -0.1) is 0 Å². The first-order valence-electron chi connectivity index (χ1n) is 7.96. The molecule has 3 N–H and O–H groups in total. The second kappa shape index (κ2) is 6.69. The molecule has 0 spiro atoms. The summed E-state index contributed by atoms with van der Waals surface area (Å²) in [6.07, 6.45) is 4.01. The largest absolute Gasteiger partial charge is 0.361 e. The Morgan fingerprint density at radius 1 is 1.22 bits per heavy atom. The Labute approximate surface area is 135 Å². The number of nitrogens with one attached hydrogen (secondary N) is 3. The highest BCUT2D eigenvalue weighted by molar-refractivity contribution is 5.80. The summed E-state index contributed by atoms with van der Waals surface area (Å²) in [7, 11) is 0. The first-order chi connectivity index (χ1) is 11.1. The summed E-state index contributed by atoms with van der Waals surface area (Å²) in [5, 5.41) is 11.3. The Hall–Kier alpha value is -2.56. The van der Waals surface area contributed by atoms with Crippen LogP contribution in [0.5, 0.6) is 0 Å². The van der Waals surface area contributed by atoms with Crippen molar-refractivity contribution in [2.45, 2.75) is 33.1 Å². The molecule has 2 heterocycles. The lowest BCUT2D eigenvalue weighted by atomic mass is 10.1. The van der Waals surface area contributed by atoms with Crippen LogP contribution < -0.4 is 5.32 Å². The van der Waals surface area contributed by atoms with Gasteiger partial charge in [0.1, 0.15) is 0 Å². The molecular weight excluding hydrogens is 288 g/mol. The lowest BCUT2D eigenvalue weighted by Crippen LogP contribution is -2.25. The van der Waals surface area contributed by atoms with Crippen LogP contribution in [-0.2, 0) is 17.6 Å². The van der Waals surface area contributed by atoms with Gasteiger partial charge in [0.25, 0.3) is 0 Å². The van der Waals surface area contributed by atoms with E-state index < -0.39 is 0 Å². The summed E-state index contributed by atoms with van der Waals surface area (Å²) in [4.78, 5) is 15.2. The van der Waals surface area contributed by atoms with Gasteiger partial charge in [0, 0.05) is 30.4 Å². The molecule has 2 aromatic heterocycles. The third kappa shape index (κ3) is 3.62. The van der Waals surface area contributed by atoms with Crippen LogP contribution >= 0.6 is 0 Å². The zero-order chi connectivity index (χ0) is 16.2. The van der Waals surface area contributed by atoms with Crippen LogP contribution in [0.2, 0.25) is 0 Å². The molecule has 0 aliphatic carbocycles. The highest BCUT2D eigenvalue weighted by Gasteiger charge is 2.09. The van der Waals surface area contributed by atoms with Crippen LogP contribution in [0.25, 0.3) is 10.9 Å². The topological polar surface area (TPSA) is 73.6 Å². The fourth-order valence-corrected chi connectivity index (χ4v) is 2.87. The average molecular weight is 310 g/mol. The lowest BCUT2D eigenvalue weighted by molar-refractivity contribution is -0.121. The van der Waals surface area contributed by atoms with E-state index in [2.05, 4.69) is 44.8 Å². The molecule has 0 bridgehead atoms. The smallest absolute Gasteiger partial charge is 0.220 e. The van der Waals surface area contributed by atoms with Crippen molar-refractivity contribution < 1.29 is 4.79 Å². The predicted octanol–water partition coefficient (Wildman–Crippen LogP) is 2.80. The maximum atomic E-state index is 12.0. The van der Waals surface area contributed by atoms with Gasteiger partial charge in [-0.05, 0) is 61.4 Å². The maximum Gasteiger partial charge on any atom is 0.220 e. The number of aryl methyl sites for hydroxylation is 2. The number of nitrogens with zero attached hydrogens (tertiary/aromatic N) is 1. The number of benzene rings is 1. The Balaban J connectivity index is 1.45. The number of H-pyrrole nitrogens is 2.